The van der Waals surface area contributed by atoms with Crippen molar-refractivity contribution in [3.63, 3.8) is 0 Å². The molecule has 0 amide bonds. The molecule has 1 aliphatic carbocycles. The first-order valence-electron chi connectivity index (χ1n) is 9.08. The van der Waals surface area contributed by atoms with Crippen molar-refractivity contribution in [1.29, 1.82) is 0 Å². The van der Waals surface area contributed by atoms with Crippen LogP contribution in [0.1, 0.15) is 35.4 Å². The van der Waals surface area contributed by atoms with Crippen LogP contribution < -0.4 is 0 Å². The van der Waals surface area contributed by atoms with E-state index >= 15 is 0 Å². The lowest BCUT2D eigenvalue weighted by molar-refractivity contribution is -0.162. The van der Waals surface area contributed by atoms with Crippen molar-refractivity contribution >= 4 is 34.1 Å². The minimum atomic E-state index is -1.80. The van der Waals surface area contributed by atoms with E-state index in [1.54, 1.807) is 6.21 Å². The van der Waals surface area contributed by atoms with Crippen LogP contribution in [0.5, 0.6) is 0 Å². The highest BCUT2D eigenvalue weighted by Crippen LogP contribution is 2.43. The molecule has 0 saturated heterocycles. The minimum absolute atomic E-state index is 0.478. The van der Waals surface area contributed by atoms with E-state index in [1.165, 1.54) is 14.2 Å². The third-order valence-electron chi connectivity index (χ3n) is 5.14. The zero-order valence-corrected chi connectivity index (χ0v) is 17.4. The van der Waals surface area contributed by atoms with Gasteiger partial charge in [0.15, 0.2) is 0 Å². The summed E-state index contributed by atoms with van der Waals surface area (Å²) in [6.07, 6.45) is 3.90. The third-order valence-corrected chi connectivity index (χ3v) is 5.63. The molecule has 6 heteroatoms. The molecule has 0 radical (unpaired) electrons. The van der Waals surface area contributed by atoms with Crippen molar-refractivity contribution in [3.05, 3.63) is 69.7 Å². The number of rotatable bonds is 5. The quantitative estimate of drug-likeness (QED) is 0.396. The van der Waals surface area contributed by atoms with Gasteiger partial charge in [-0.05, 0) is 48.1 Å². The first kappa shape index (κ1) is 20.3. The van der Waals surface area contributed by atoms with Crippen molar-refractivity contribution in [2.24, 2.45) is 4.99 Å². The van der Waals surface area contributed by atoms with Crippen LogP contribution in [0, 0.1) is 0 Å². The topological polar surface area (TPSA) is 65.0 Å². The fourth-order valence-corrected chi connectivity index (χ4v) is 4.17. The Kier molecular flexibility index (Phi) is 6.29. The molecular weight excluding hydrogens is 422 g/mol. The van der Waals surface area contributed by atoms with Crippen molar-refractivity contribution in [2.75, 3.05) is 14.2 Å². The fraction of sp³-hybridized carbons (Fsp3) is 0.318. The Hall–Kier alpha value is -2.47. The van der Waals surface area contributed by atoms with Crippen molar-refractivity contribution < 1.29 is 19.1 Å². The maximum atomic E-state index is 13.0. The zero-order valence-electron chi connectivity index (χ0n) is 15.9. The largest absolute Gasteiger partial charge is 0.467 e. The Morgan fingerprint density at radius 1 is 1.11 bits per heavy atom. The summed E-state index contributed by atoms with van der Waals surface area (Å²) < 4.78 is 11.0. The van der Waals surface area contributed by atoms with Crippen molar-refractivity contribution in [1.82, 2.24) is 0 Å². The fourth-order valence-electron chi connectivity index (χ4n) is 3.79. The molecule has 5 nitrogen and oxygen atoms in total. The lowest BCUT2D eigenvalue weighted by Gasteiger charge is -2.36. The van der Waals surface area contributed by atoms with Gasteiger partial charge in [0.2, 0.25) is 0 Å². The van der Waals surface area contributed by atoms with Crippen molar-refractivity contribution in [3.8, 4) is 0 Å². The summed E-state index contributed by atoms with van der Waals surface area (Å²) in [6, 6.07) is 15.3. The number of halogens is 1. The number of hydrogen-bond acceptors (Lipinski definition) is 5. The monoisotopic (exact) mass is 443 g/mol. The number of aryl methyl sites for hydroxylation is 1. The normalized spacial score (nSPS) is 16.5. The van der Waals surface area contributed by atoms with Gasteiger partial charge >= 0.3 is 11.9 Å². The highest BCUT2D eigenvalue weighted by Gasteiger charge is 2.56. The van der Waals surface area contributed by atoms with Crippen LogP contribution >= 0.6 is 15.9 Å². The maximum Gasteiger partial charge on any atom is 0.346 e. The molecule has 0 aromatic heterocycles. The van der Waals surface area contributed by atoms with E-state index in [2.05, 4.69) is 20.9 Å². The van der Waals surface area contributed by atoms with Crippen LogP contribution in [-0.2, 0) is 25.5 Å². The Balaban J connectivity index is 2.19. The minimum Gasteiger partial charge on any atom is -0.467 e. The van der Waals surface area contributed by atoms with Crippen LogP contribution in [-0.4, -0.2) is 37.9 Å². The second-order valence-corrected chi connectivity index (χ2v) is 7.62. The van der Waals surface area contributed by atoms with E-state index in [0.717, 1.165) is 34.0 Å². The molecule has 0 spiro atoms. The summed E-state index contributed by atoms with van der Waals surface area (Å²) in [6.45, 7) is 0. The van der Waals surface area contributed by atoms with Crippen LogP contribution in [0.15, 0.2) is 58.0 Å². The molecule has 0 heterocycles. The molecule has 0 N–H and O–H groups in total. The number of carbonyl (C=O) groups excluding carboxylic acids is 2. The summed E-state index contributed by atoms with van der Waals surface area (Å²) in [4.78, 5) is 30.5. The van der Waals surface area contributed by atoms with Gasteiger partial charge < -0.3 is 9.47 Å². The summed E-state index contributed by atoms with van der Waals surface area (Å²) in [7, 11) is 2.53. The maximum absolute atomic E-state index is 13.0. The van der Waals surface area contributed by atoms with Gasteiger partial charge in [-0.15, -0.1) is 0 Å². The van der Waals surface area contributed by atoms with Crippen molar-refractivity contribution in [2.45, 2.75) is 30.7 Å². The average Bonchev–Trinajstić information content (AvgIpc) is 2.74. The predicted octanol–water partition coefficient (Wildman–Crippen LogP) is 4.07. The number of carbonyl (C=O) groups is 2. The number of ether oxygens (including phenoxy) is 2. The van der Waals surface area contributed by atoms with E-state index in [0.29, 0.717) is 6.42 Å². The highest BCUT2D eigenvalue weighted by molar-refractivity contribution is 9.10. The van der Waals surface area contributed by atoms with Gasteiger partial charge in [-0.25, -0.2) is 9.59 Å². The summed E-state index contributed by atoms with van der Waals surface area (Å²) >= 11 is 3.50. The molecule has 2 aromatic rings. The molecule has 0 fully saturated rings. The molecule has 1 atom stereocenters. The number of fused-ring (bicyclic) bond motifs is 1. The number of hydrogen-bond donors (Lipinski definition) is 0. The molecule has 1 aliphatic rings. The van der Waals surface area contributed by atoms with E-state index in [1.807, 2.05) is 48.5 Å². The van der Waals surface area contributed by atoms with Gasteiger partial charge in [-0.2, -0.15) is 0 Å². The first-order valence-corrected chi connectivity index (χ1v) is 9.87. The van der Waals surface area contributed by atoms with E-state index in [9.17, 15) is 9.59 Å². The summed E-state index contributed by atoms with van der Waals surface area (Å²) in [5, 5.41) is 0. The SMILES string of the molecule is COC(=O)C(N=Cc1ccccc1)(C(=O)OC)[C@@H]1CCCc2ccc(Br)cc21. The molecule has 3 rings (SSSR count). The Bertz CT molecular complexity index is 879. The Morgan fingerprint density at radius 3 is 2.43 bits per heavy atom. The second-order valence-electron chi connectivity index (χ2n) is 6.71. The van der Waals surface area contributed by atoms with Gasteiger partial charge in [0, 0.05) is 16.6 Å². The number of esters is 2. The molecule has 0 bridgehead atoms. The van der Waals surface area contributed by atoms with Crippen LogP contribution in [0.4, 0.5) is 0 Å². The van der Waals surface area contributed by atoms with Gasteiger partial charge in [0.05, 0.1) is 14.2 Å². The highest BCUT2D eigenvalue weighted by atomic mass is 79.9. The number of aliphatic imine (C=N–C) groups is 1. The molecule has 0 unspecified atom stereocenters. The smallest absolute Gasteiger partial charge is 0.346 e. The van der Waals surface area contributed by atoms with E-state index in [-0.39, 0.29) is 0 Å². The summed E-state index contributed by atoms with van der Waals surface area (Å²) in [5.74, 6) is -1.91. The third kappa shape index (κ3) is 3.74. The van der Waals surface area contributed by atoms with Gasteiger partial charge in [0.1, 0.15) is 0 Å². The molecule has 2 aromatic carbocycles. The van der Waals surface area contributed by atoms with Gasteiger partial charge in [0.25, 0.3) is 5.54 Å². The van der Waals surface area contributed by atoms with Gasteiger partial charge in [-0.1, -0.05) is 52.3 Å². The van der Waals surface area contributed by atoms with E-state index < -0.39 is 23.4 Å². The molecular formula is C22H22BrNO4. The second kappa shape index (κ2) is 8.69. The van der Waals surface area contributed by atoms with Gasteiger partial charge in [-0.3, -0.25) is 4.99 Å². The lowest BCUT2D eigenvalue weighted by atomic mass is 9.71. The molecule has 28 heavy (non-hydrogen) atoms. The number of methoxy groups -OCH3 is 2. The van der Waals surface area contributed by atoms with Crippen LogP contribution in [0.2, 0.25) is 0 Å². The average molecular weight is 444 g/mol. The lowest BCUT2D eigenvalue weighted by Crippen LogP contribution is -2.52. The Labute approximate surface area is 172 Å². The predicted molar refractivity (Wildman–Crippen MR) is 111 cm³/mol. The van der Waals surface area contributed by atoms with E-state index in [4.69, 9.17) is 9.47 Å². The zero-order chi connectivity index (χ0) is 20.1. The molecule has 146 valence electrons. The van der Waals surface area contributed by atoms with Crippen LogP contribution in [0.3, 0.4) is 0 Å². The standard InChI is InChI=1S/C22H22BrNO4/c1-27-20(25)22(21(26)28-2,24-14-15-7-4-3-5-8-15)19-10-6-9-16-11-12-17(23)13-18(16)19/h3-5,7-8,11-14,19H,6,9-10H2,1-2H3/t19-/m1/s1. The molecule has 0 aliphatic heterocycles. The summed E-state index contributed by atoms with van der Waals surface area (Å²) in [5.41, 5.74) is 1.01. The van der Waals surface area contributed by atoms with Crippen LogP contribution in [0.25, 0.3) is 0 Å². The molecule has 0 saturated carbocycles. The number of benzene rings is 2. The first-order chi connectivity index (χ1) is 13.5. The Morgan fingerprint density at radius 2 is 1.79 bits per heavy atom. The number of nitrogens with zero attached hydrogens (tertiary/aromatic N) is 1.